The third-order valence-electron chi connectivity index (χ3n) is 1.96. The smallest absolute Gasteiger partial charge is 0.0331 e. The van der Waals surface area contributed by atoms with Crippen molar-refractivity contribution < 1.29 is 0 Å². The molecule has 0 saturated heterocycles. The molecule has 0 heterocycles. The van der Waals surface area contributed by atoms with Gasteiger partial charge in [-0.05, 0) is 25.9 Å². The minimum atomic E-state index is 0.375. The highest BCUT2D eigenvalue weighted by molar-refractivity contribution is 7.55. The molecule has 1 heteroatoms. The molecule has 0 aliphatic rings. The van der Waals surface area contributed by atoms with Gasteiger partial charge in [0.2, 0.25) is 0 Å². The fourth-order valence-electron chi connectivity index (χ4n) is 1.21. The summed E-state index contributed by atoms with van der Waals surface area (Å²) in [6.45, 7) is 7.03. The Balaban J connectivity index is 2.80. The first-order valence-corrected chi connectivity index (χ1v) is 7.34. The lowest BCUT2D eigenvalue weighted by Gasteiger charge is -2.03. The van der Waals surface area contributed by atoms with Gasteiger partial charge in [-0.25, -0.2) is 0 Å². The van der Waals surface area contributed by atoms with Gasteiger partial charge in [0.05, 0.1) is 0 Å². The predicted octanol–water partition coefficient (Wildman–Crippen LogP) is 4.09. The summed E-state index contributed by atoms with van der Waals surface area (Å²) >= 11 is 0. The molecule has 0 saturated carbocycles. The zero-order chi connectivity index (χ0) is 8.53. The molecule has 0 amide bonds. The summed E-state index contributed by atoms with van der Waals surface area (Å²) in [6, 6.07) is 0. The lowest BCUT2D eigenvalue weighted by atomic mass is 10.1. The maximum Gasteiger partial charge on any atom is -0.0331 e. The van der Waals surface area contributed by atoms with E-state index in [0.717, 1.165) is 0 Å². The number of hydrogen-bond donors (Lipinski definition) is 0. The van der Waals surface area contributed by atoms with Crippen LogP contribution in [-0.2, 0) is 0 Å². The Morgan fingerprint density at radius 3 is 1.91 bits per heavy atom. The van der Waals surface area contributed by atoms with Gasteiger partial charge >= 0.3 is 0 Å². The summed E-state index contributed by atoms with van der Waals surface area (Å²) in [5.41, 5.74) is 0. The second-order valence-electron chi connectivity index (χ2n) is 3.57. The van der Waals surface area contributed by atoms with E-state index < -0.39 is 0 Å². The summed E-state index contributed by atoms with van der Waals surface area (Å²) in [5.74, 6) is 0. The Kier molecular flexibility index (Phi) is 8.86. The Morgan fingerprint density at radius 2 is 1.36 bits per heavy atom. The molecular formula is C10H23P. The van der Waals surface area contributed by atoms with Crippen LogP contribution >= 0.6 is 7.92 Å². The maximum atomic E-state index is 2.38. The Labute approximate surface area is 73.5 Å². The van der Waals surface area contributed by atoms with Gasteiger partial charge < -0.3 is 0 Å². The first kappa shape index (κ1) is 11.4. The summed E-state index contributed by atoms with van der Waals surface area (Å²) in [6.07, 6.45) is 10.2. The van der Waals surface area contributed by atoms with Gasteiger partial charge in [0, 0.05) is 0 Å². The molecular weight excluding hydrogens is 151 g/mol. The van der Waals surface area contributed by atoms with Crippen molar-refractivity contribution in [2.24, 2.45) is 0 Å². The molecule has 0 aromatic rings. The molecule has 0 fully saturated rings. The molecule has 0 nitrogen and oxygen atoms in total. The monoisotopic (exact) mass is 174 g/mol. The molecule has 11 heavy (non-hydrogen) atoms. The van der Waals surface area contributed by atoms with Crippen LogP contribution in [0.1, 0.15) is 45.4 Å². The van der Waals surface area contributed by atoms with Crippen molar-refractivity contribution >= 4 is 7.92 Å². The molecule has 0 bridgehead atoms. The lowest BCUT2D eigenvalue weighted by Crippen LogP contribution is -1.83. The first-order valence-electron chi connectivity index (χ1n) is 4.92. The minimum absolute atomic E-state index is 0.375. The van der Waals surface area contributed by atoms with E-state index in [9.17, 15) is 0 Å². The number of rotatable bonds is 7. The first-order chi connectivity index (χ1) is 5.27. The van der Waals surface area contributed by atoms with Crippen molar-refractivity contribution in [1.29, 1.82) is 0 Å². The quantitative estimate of drug-likeness (QED) is 0.403. The largest absolute Gasteiger partial charge is 0.113 e. The van der Waals surface area contributed by atoms with Gasteiger partial charge in [-0.15, -0.1) is 7.92 Å². The standard InChI is InChI=1S/C10H23P/c1-4-5-6-7-8-9-10-11(2)3/h4-10H2,1-3H3. The van der Waals surface area contributed by atoms with Crippen molar-refractivity contribution in [3.8, 4) is 0 Å². The fourth-order valence-corrected chi connectivity index (χ4v) is 2.06. The van der Waals surface area contributed by atoms with E-state index in [-0.39, 0.29) is 0 Å². The molecule has 0 radical (unpaired) electrons. The molecule has 0 aliphatic carbocycles. The predicted molar refractivity (Wildman–Crippen MR) is 57.0 cm³/mol. The summed E-state index contributed by atoms with van der Waals surface area (Å²) < 4.78 is 0. The van der Waals surface area contributed by atoms with Gasteiger partial charge in [-0.3, -0.25) is 0 Å². The maximum absolute atomic E-state index is 2.38. The molecule has 0 aromatic carbocycles. The van der Waals surface area contributed by atoms with Crippen LogP contribution in [0.25, 0.3) is 0 Å². The summed E-state index contributed by atoms with van der Waals surface area (Å²) in [7, 11) is 0.375. The molecule has 0 aliphatic heterocycles. The van der Waals surface area contributed by atoms with Crippen LogP contribution in [0.3, 0.4) is 0 Å². The van der Waals surface area contributed by atoms with Crippen molar-refractivity contribution in [3.05, 3.63) is 0 Å². The SMILES string of the molecule is CCCCCCCCP(C)C. The van der Waals surface area contributed by atoms with Crippen molar-refractivity contribution in [3.63, 3.8) is 0 Å². The Bertz CT molecular complexity index is 69.3. The average Bonchev–Trinajstić information content (AvgIpc) is 1.96. The van der Waals surface area contributed by atoms with E-state index in [0.29, 0.717) is 7.92 Å². The van der Waals surface area contributed by atoms with E-state index in [1.807, 2.05) is 0 Å². The van der Waals surface area contributed by atoms with Crippen LogP contribution < -0.4 is 0 Å². The Morgan fingerprint density at radius 1 is 0.818 bits per heavy atom. The number of unbranched alkanes of at least 4 members (excludes halogenated alkanes) is 5. The molecule has 0 atom stereocenters. The normalized spacial score (nSPS) is 10.9. The van der Waals surface area contributed by atoms with Gasteiger partial charge in [-0.1, -0.05) is 39.0 Å². The van der Waals surface area contributed by atoms with E-state index in [1.165, 1.54) is 44.7 Å². The highest BCUT2D eigenvalue weighted by atomic mass is 31.1. The van der Waals surface area contributed by atoms with Gasteiger partial charge in [-0.2, -0.15) is 0 Å². The molecule has 68 valence electrons. The molecule has 0 aromatic heterocycles. The highest BCUT2D eigenvalue weighted by Crippen LogP contribution is 2.26. The third-order valence-corrected chi connectivity index (χ3v) is 3.17. The van der Waals surface area contributed by atoms with Crippen LogP contribution in [0.2, 0.25) is 0 Å². The lowest BCUT2D eigenvalue weighted by molar-refractivity contribution is 0.626. The van der Waals surface area contributed by atoms with E-state index >= 15 is 0 Å². The third kappa shape index (κ3) is 10.4. The second kappa shape index (κ2) is 8.53. The molecule has 0 rings (SSSR count). The minimum Gasteiger partial charge on any atom is -0.113 e. The van der Waals surface area contributed by atoms with Gasteiger partial charge in [0.1, 0.15) is 0 Å². The van der Waals surface area contributed by atoms with Gasteiger partial charge in [0.25, 0.3) is 0 Å². The van der Waals surface area contributed by atoms with Crippen LogP contribution in [0.15, 0.2) is 0 Å². The molecule has 0 unspecified atom stereocenters. The zero-order valence-corrected chi connectivity index (χ0v) is 9.29. The van der Waals surface area contributed by atoms with Crippen LogP contribution in [0.5, 0.6) is 0 Å². The summed E-state index contributed by atoms with van der Waals surface area (Å²) in [4.78, 5) is 0. The van der Waals surface area contributed by atoms with Gasteiger partial charge in [0.15, 0.2) is 0 Å². The van der Waals surface area contributed by atoms with E-state index in [2.05, 4.69) is 20.3 Å². The van der Waals surface area contributed by atoms with Crippen molar-refractivity contribution in [2.45, 2.75) is 45.4 Å². The van der Waals surface area contributed by atoms with Crippen LogP contribution in [0.4, 0.5) is 0 Å². The van der Waals surface area contributed by atoms with Crippen LogP contribution in [-0.4, -0.2) is 19.5 Å². The molecule has 0 N–H and O–H groups in total. The number of hydrogen-bond acceptors (Lipinski definition) is 0. The zero-order valence-electron chi connectivity index (χ0n) is 8.40. The topological polar surface area (TPSA) is 0 Å². The van der Waals surface area contributed by atoms with E-state index in [1.54, 1.807) is 0 Å². The Hall–Kier alpha value is 0.430. The highest BCUT2D eigenvalue weighted by Gasteiger charge is 1.92. The second-order valence-corrected chi connectivity index (χ2v) is 6.18. The fraction of sp³-hybridized carbons (Fsp3) is 1.00. The van der Waals surface area contributed by atoms with Crippen LogP contribution in [0, 0.1) is 0 Å². The molecule has 0 spiro atoms. The summed E-state index contributed by atoms with van der Waals surface area (Å²) in [5, 5.41) is 0. The van der Waals surface area contributed by atoms with Crippen molar-refractivity contribution in [1.82, 2.24) is 0 Å². The van der Waals surface area contributed by atoms with Crippen molar-refractivity contribution in [2.75, 3.05) is 19.5 Å². The average molecular weight is 174 g/mol. The van der Waals surface area contributed by atoms with E-state index in [4.69, 9.17) is 0 Å².